The number of ether oxygens (including phenoxy) is 1. The lowest BCUT2D eigenvalue weighted by Crippen LogP contribution is -2.06. The summed E-state index contributed by atoms with van der Waals surface area (Å²) in [4.78, 5) is 24.7. The lowest BCUT2D eigenvalue weighted by molar-refractivity contribution is -0.142. The third-order valence-corrected chi connectivity index (χ3v) is 3.52. The van der Waals surface area contributed by atoms with Crippen LogP contribution in [0.15, 0.2) is 22.7 Å². The molecule has 2 aromatic rings. The van der Waals surface area contributed by atoms with Crippen molar-refractivity contribution in [1.82, 2.24) is 4.98 Å². The molecule has 0 unspecified atom stereocenters. The Bertz CT molecular complexity index is 607. The van der Waals surface area contributed by atoms with Crippen molar-refractivity contribution in [3.8, 4) is 0 Å². The van der Waals surface area contributed by atoms with Gasteiger partial charge < -0.3 is 9.84 Å². The fraction of sp³-hybridized carbons (Fsp3) is 0.308. The number of rotatable bonds is 3. The third-order valence-electron chi connectivity index (χ3n) is 1.99. The predicted molar refractivity (Wildman–Crippen MR) is 81.0 cm³/mol. The average molecular weight is 360 g/mol. The lowest BCUT2D eigenvalue weighted by Gasteiger charge is -1.97. The van der Waals surface area contributed by atoms with E-state index in [4.69, 9.17) is 14.6 Å². The zero-order valence-electron chi connectivity index (χ0n) is 11.1. The molecule has 20 heavy (non-hydrogen) atoms. The maximum atomic E-state index is 11.3. The van der Waals surface area contributed by atoms with Crippen LogP contribution in [0.4, 0.5) is 0 Å². The molecule has 0 aliphatic heterocycles. The standard InChI is InChI=1S/C11H10BrNO2S.C2H4O2/c1-2-15-11(14)6-10-13-8-5-7(12)3-4-9(8)16-10;1-2(3)4/h3-5H,2,6H2,1H3;1H3,(H,3,4). The molecule has 0 saturated heterocycles. The minimum absolute atomic E-state index is 0.222. The highest BCUT2D eigenvalue weighted by Gasteiger charge is 2.09. The Kier molecular flexibility index (Phi) is 6.60. The minimum Gasteiger partial charge on any atom is -0.481 e. The van der Waals surface area contributed by atoms with E-state index in [-0.39, 0.29) is 12.4 Å². The molecule has 0 aliphatic carbocycles. The van der Waals surface area contributed by atoms with Crippen molar-refractivity contribution in [3.63, 3.8) is 0 Å². The number of benzene rings is 1. The van der Waals surface area contributed by atoms with Crippen molar-refractivity contribution in [1.29, 1.82) is 0 Å². The molecule has 2 rings (SSSR count). The van der Waals surface area contributed by atoms with E-state index in [1.54, 1.807) is 6.92 Å². The van der Waals surface area contributed by atoms with Crippen molar-refractivity contribution in [2.45, 2.75) is 20.3 Å². The molecule has 0 amide bonds. The molecule has 0 radical (unpaired) electrons. The zero-order chi connectivity index (χ0) is 15.1. The number of carbonyl (C=O) groups excluding carboxylic acids is 1. The summed E-state index contributed by atoms with van der Waals surface area (Å²) in [5.41, 5.74) is 0.915. The van der Waals surface area contributed by atoms with Crippen LogP contribution >= 0.6 is 27.3 Å². The Balaban J connectivity index is 0.000000444. The Hall–Kier alpha value is -1.47. The number of carboxylic acids is 1. The van der Waals surface area contributed by atoms with Gasteiger partial charge in [-0.05, 0) is 25.1 Å². The summed E-state index contributed by atoms with van der Waals surface area (Å²) < 4.78 is 6.96. The number of hydrogen-bond donors (Lipinski definition) is 1. The van der Waals surface area contributed by atoms with E-state index in [0.29, 0.717) is 6.61 Å². The van der Waals surface area contributed by atoms with Gasteiger partial charge in [0.2, 0.25) is 0 Å². The van der Waals surface area contributed by atoms with E-state index in [0.717, 1.165) is 26.6 Å². The summed E-state index contributed by atoms with van der Waals surface area (Å²) in [6, 6.07) is 5.90. The maximum Gasteiger partial charge on any atom is 0.312 e. The van der Waals surface area contributed by atoms with Crippen molar-refractivity contribution < 1.29 is 19.4 Å². The van der Waals surface area contributed by atoms with Gasteiger partial charge in [0.15, 0.2) is 0 Å². The monoisotopic (exact) mass is 359 g/mol. The smallest absolute Gasteiger partial charge is 0.312 e. The highest BCUT2D eigenvalue weighted by atomic mass is 79.9. The molecule has 0 atom stereocenters. The summed E-state index contributed by atoms with van der Waals surface area (Å²) in [6.07, 6.45) is 0.255. The largest absolute Gasteiger partial charge is 0.481 e. The Morgan fingerprint density at radius 2 is 2.10 bits per heavy atom. The van der Waals surface area contributed by atoms with Crippen LogP contribution in [0, 0.1) is 0 Å². The molecule has 5 nitrogen and oxygen atoms in total. The summed E-state index contributed by atoms with van der Waals surface area (Å²) in [5.74, 6) is -1.05. The highest BCUT2D eigenvalue weighted by molar-refractivity contribution is 9.10. The summed E-state index contributed by atoms with van der Waals surface area (Å²) >= 11 is 4.92. The van der Waals surface area contributed by atoms with Gasteiger partial charge in [-0.25, -0.2) is 4.98 Å². The number of fused-ring (bicyclic) bond motifs is 1. The fourth-order valence-electron chi connectivity index (χ4n) is 1.36. The molecule has 0 bridgehead atoms. The van der Waals surface area contributed by atoms with Crippen LogP contribution in [0.5, 0.6) is 0 Å². The second-order valence-corrected chi connectivity index (χ2v) is 5.75. The van der Waals surface area contributed by atoms with Crippen molar-refractivity contribution in [3.05, 3.63) is 27.7 Å². The topological polar surface area (TPSA) is 76.5 Å². The molecular formula is C13H14BrNO4S. The lowest BCUT2D eigenvalue weighted by atomic mass is 10.3. The Morgan fingerprint density at radius 1 is 1.45 bits per heavy atom. The SMILES string of the molecule is CC(=O)O.CCOC(=O)Cc1nc2cc(Br)ccc2s1. The summed E-state index contributed by atoms with van der Waals surface area (Å²) in [5, 5.41) is 8.21. The number of thiazole rings is 1. The van der Waals surface area contributed by atoms with Gasteiger partial charge in [0.05, 0.1) is 23.2 Å². The second kappa shape index (κ2) is 7.96. The fourth-order valence-corrected chi connectivity index (χ4v) is 2.64. The van der Waals surface area contributed by atoms with Crippen molar-refractivity contribution >= 4 is 49.4 Å². The molecule has 0 spiro atoms. The quantitative estimate of drug-likeness (QED) is 0.851. The number of aliphatic carboxylic acids is 1. The third kappa shape index (κ3) is 5.66. The minimum atomic E-state index is -0.833. The molecular weight excluding hydrogens is 346 g/mol. The number of carboxylic acid groups (broad SMARTS) is 1. The van der Waals surface area contributed by atoms with E-state index in [1.165, 1.54) is 11.3 Å². The van der Waals surface area contributed by atoms with Crippen LogP contribution in [-0.4, -0.2) is 28.6 Å². The molecule has 0 aliphatic rings. The van der Waals surface area contributed by atoms with Gasteiger partial charge in [-0.2, -0.15) is 0 Å². The Morgan fingerprint density at radius 3 is 2.70 bits per heavy atom. The number of aromatic nitrogens is 1. The number of halogens is 1. The first-order chi connectivity index (χ1) is 9.42. The number of hydrogen-bond acceptors (Lipinski definition) is 5. The molecule has 1 aromatic heterocycles. The van der Waals surface area contributed by atoms with Gasteiger partial charge in [-0.3, -0.25) is 9.59 Å². The number of carbonyl (C=O) groups is 2. The van der Waals surface area contributed by atoms with E-state index in [9.17, 15) is 4.79 Å². The first-order valence-electron chi connectivity index (χ1n) is 5.82. The van der Waals surface area contributed by atoms with Crippen molar-refractivity contribution in [2.75, 3.05) is 6.61 Å². The molecule has 1 N–H and O–H groups in total. The van der Waals surface area contributed by atoms with Gasteiger partial charge in [0.1, 0.15) is 5.01 Å². The van der Waals surface area contributed by atoms with Crippen LogP contribution in [-0.2, 0) is 20.7 Å². The molecule has 1 aromatic carbocycles. The zero-order valence-corrected chi connectivity index (χ0v) is 13.5. The van der Waals surface area contributed by atoms with E-state index in [1.807, 2.05) is 18.2 Å². The van der Waals surface area contributed by atoms with Crippen LogP contribution < -0.4 is 0 Å². The number of esters is 1. The molecule has 0 saturated carbocycles. The van der Waals surface area contributed by atoms with Crippen LogP contribution in [0.25, 0.3) is 10.2 Å². The van der Waals surface area contributed by atoms with Crippen LogP contribution in [0.3, 0.4) is 0 Å². The van der Waals surface area contributed by atoms with E-state index < -0.39 is 5.97 Å². The van der Waals surface area contributed by atoms with Crippen LogP contribution in [0.1, 0.15) is 18.9 Å². The van der Waals surface area contributed by atoms with Crippen molar-refractivity contribution in [2.24, 2.45) is 0 Å². The summed E-state index contributed by atoms with van der Waals surface area (Å²) in [7, 11) is 0. The molecule has 0 fully saturated rings. The van der Waals surface area contributed by atoms with E-state index in [2.05, 4.69) is 20.9 Å². The van der Waals surface area contributed by atoms with Gasteiger partial charge in [0.25, 0.3) is 5.97 Å². The Labute approximate surface area is 128 Å². The molecule has 7 heteroatoms. The molecule has 1 heterocycles. The van der Waals surface area contributed by atoms with Gasteiger partial charge in [0, 0.05) is 11.4 Å². The maximum absolute atomic E-state index is 11.3. The van der Waals surface area contributed by atoms with Gasteiger partial charge in [-0.1, -0.05) is 15.9 Å². The predicted octanol–water partition coefficient (Wildman–Crippen LogP) is 3.26. The van der Waals surface area contributed by atoms with Gasteiger partial charge in [-0.15, -0.1) is 11.3 Å². The van der Waals surface area contributed by atoms with E-state index >= 15 is 0 Å². The average Bonchev–Trinajstić information content (AvgIpc) is 2.69. The van der Waals surface area contributed by atoms with Crippen LogP contribution in [0.2, 0.25) is 0 Å². The molecule has 108 valence electrons. The second-order valence-electron chi connectivity index (χ2n) is 3.72. The normalized spacial score (nSPS) is 9.75. The first-order valence-corrected chi connectivity index (χ1v) is 7.43. The number of nitrogens with zero attached hydrogens (tertiary/aromatic N) is 1. The highest BCUT2D eigenvalue weighted by Crippen LogP contribution is 2.25. The van der Waals surface area contributed by atoms with Gasteiger partial charge >= 0.3 is 5.97 Å². The summed E-state index contributed by atoms with van der Waals surface area (Å²) in [6.45, 7) is 3.29. The first kappa shape index (κ1) is 16.6.